The largest absolute Gasteiger partial charge is 0.328 e. The summed E-state index contributed by atoms with van der Waals surface area (Å²) in [6, 6.07) is 1.14. The van der Waals surface area contributed by atoms with Gasteiger partial charge in [-0.05, 0) is 38.3 Å². The van der Waals surface area contributed by atoms with E-state index in [-0.39, 0.29) is 0 Å². The fourth-order valence-corrected chi connectivity index (χ4v) is 2.87. The molecule has 0 spiro atoms. The van der Waals surface area contributed by atoms with Gasteiger partial charge in [-0.25, -0.2) is 0 Å². The molecule has 1 fully saturated rings. The molecule has 0 aromatic rings. The van der Waals surface area contributed by atoms with E-state index >= 15 is 0 Å². The molecule has 1 atom stereocenters. The maximum Gasteiger partial charge on any atom is 0.0167 e. The number of nitrogens with two attached hydrogens (primary N) is 1. The monoisotopic (exact) mass is 184 g/mol. The predicted molar refractivity (Wildman–Crippen MR) is 57.6 cm³/mol. The van der Waals surface area contributed by atoms with Crippen molar-refractivity contribution in [3.63, 3.8) is 0 Å². The van der Waals surface area contributed by atoms with Crippen LogP contribution in [0.5, 0.6) is 0 Å². The molecule has 0 aromatic heterocycles. The summed E-state index contributed by atoms with van der Waals surface area (Å²) in [4.78, 5) is 2.36. The Labute approximate surface area is 82.5 Å². The Kier molecular flexibility index (Phi) is 3.03. The van der Waals surface area contributed by atoms with Crippen LogP contribution in [0, 0.1) is 11.3 Å². The second kappa shape index (κ2) is 3.58. The summed E-state index contributed by atoms with van der Waals surface area (Å²) in [6.45, 7) is 6.96. The predicted octanol–water partition coefficient (Wildman–Crippen LogP) is 1.70. The van der Waals surface area contributed by atoms with Crippen molar-refractivity contribution in [3.8, 4) is 0 Å². The van der Waals surface area contributed by atoms with Gasteiger partial charge in [0.1, 0.15) is 0 Å². The highest BCUT2D eigenvalue weighted by Gasteiger charge is 2.39. The molecule has 78 valence electrons. The number of rotatable bonds is 2. The quantitative estimate of drug-likeness (QED) is 0.708. The lowest BCUT2D eigenvalue weighted by atomic mass is 9.67. The van der Waals surface area contributed by atoms with Crippen molar-refractivity contribution in [2.45, 2.75) is 45.7 Å². The Bertz CT molecular complexity index is 163. The highest BCUT2D eigenvalue weighted by Crippen LogP contribution is 2.39. The molecule has 1 aliphatic carbocycles. The summed E-state index contributed by atoms with van der Waals surface area (Å²) in [6.07, 6.45) is 2.42. The molecule has 0 heterocycles. The zero-order valence-corrected chi connectivity index (χ0v) is 9.67. The van der Waals surface area contributed by atoms with Gasteiger partial charge in [0.2, 0.25) is 0 Å². The van der Waals surface area contributed by atoms with Gasteiger partial charge in [0.15, 0.2) is 0 Å². The van der Waals surface area contributed by atoms with Crippen molar-refractivity contribution in [1.82, 2.24) is 4.90 Å². The van der Waals surface area contributed by atoms with Crippen LogP contribution < -0.4 is 5.73 Å². The molecule has 13 heavy (non-hydrogen) atoms. The van der Waals surface area contributed by atoms with Crippen LogP contribution >= 0.6 is 0 Å². The highest BCUT2D eigenvalue weighted by atomic mass is 15.1. The number of nitrogens with zero attached hydrogens (tertiary/aromatic N) is 1. The molecule has 0 radical (unpaired) electrons. The van der Waals surface area contributed by atoms with E-state index in [4.69, 9.17) is 5.73 Å². The first kappa shape index (κ1) is 11.0. The van der Waals surface area contributed by atoms with Crippen molar-refractivity contribution in [3.05, 3.63) is 0 Å². The third-order valence-corrected chi connectivity index (χ3v) is 3.10. The number of hydrogen-bond donors (Lipinski definition) is 1. The Balaban J connectivity index is 2.59. The Morgan fingerprint density at radius 1 is 1.23 bits per heavy atom. The summed E-state index contributed by atoms with van der Waals surface area (Å²) in [5.74, 6) is 0.810. The zero-order valence-electron chi connectivity index (χ0n) is 9.67. The minimum Gasteiger partial charge on any atom is -0.328 e. The summed E-state index contributed by atoms with van der Waals surface area (Å²) in [5, 5.41) is 0. The van der Waals surface area contributed by atoms with Gasteiger partial charge in [0.25, 0.3) is 0 Å². The molecular weight excluding hydrogens is 160 g/mol. The number of hydrogen-bond acceptors (Lipinski definition) is 2. The molecule has 1 saturated carbocycles. The molecule has 1 aliphatic rings. The van der Waals surface area contributed by atoms with E-state index in [0.717, 1.165) is 5.92 Å². The van der Waals surface area contributed by atoms with Gasteiger partial charge in [0, 0.05) is 12.1 Å². The fourth-order valence-electron chi connectivity index (χ4n) is 2.87. The lowest BCUT2D eigenvalue weighted by molar-refractivity contribution is 0.0425. The smallest absolute Gasteiger partial charge is 0.0167 e. The molecule has 0 saturated heterocycles. The normalized spacial score (nSPS) is 31.6. The Hall–Kier alpha value is -0.0800. The first-order chi connectivity index (χ1) is 5.82. The molecule has 2 heteroatoms. The summed E-state index contributed by atoms with van der Waals surface area (Å²) in [7, 11) is 4.36. The van der Waals surface area contributed by atoms with Crippen LogP contribution in [0.4, 0.5) is 0 Å². The van der Waals surface area contributed by atoms with Crippen LogP contribution in [0.3, 0.4) is 0 Å². The van der Waals surface area contributed by atoms with Crippen LogP contribution in [0.2, 0.25) is 0 Å². The van der Waals surface area contributed by atoms with Gasteiger partial charge in [-0.2, -0.15) is 0 Å². The van der Waals surface area contributed by atoms with Gasteiger partial charge >= 0.3 is 0 Å². The van der Waals surface area contributed by atoms with Crippen molar-refractivity contribution >= 4 is 0 Å². The highest BCUT2D eigenvalue weighted by molar-refractivity contribution is 4.95. The molecule has 1 rings (SSSR count). The van der Waals surface area contributed by atoms with E-state index in [1.54, 1.807) is 0 Å². The van der Waals surface area contributed by atoms with Crippen molar-refractivity contribution in [2.75, 3.05) is 14.1 Å². The third kappa shape index (κ3) is 2.44. The maximum absolute atomic E-state index is 5.83. The molecule has 2 nitrogen and oxygen atoms in total. The summed E-state index contributed by atoms with van der Waals surface area (Å²) < 4.78 is 0. The average molecular weight is 184 g/mol. The van der Waals surface area contributed by atoms with Gasteiger partial charge < -0.3 is 10.6 Å². The van der Waals surface area contributed by atoms with Crippen LogP contribution in [0.1, 0.15) is 33.6 Å². The molecule has 2 N–H and O–H groups in total. The standard InChI is InChI=1S/C11H24N2/c1-11(2,3)10(13(4)5)8-6-9(12)7-8/h8-10H,6-7,12H2,1-5H3. The maximum atomic E-state index is 5.83. The lowest BCUT2D eigenvalue weighted by Crippen LogP contribution is -2.52. The second-order valence-corrected chi connectivity index (χ2v) is 5.77. The van der Waals surface area contributed by atoms with E-state index < -0.39 is 0 Å². The molecule has 0 bridgehead atoms. The van der Waals surface area contributed by atoms with Crippen molar-refractivity contribution in [2.24, 2.45) is 17.1 Å². The van der Waals surface area contributed by atoms with E-state index in [0.29, 0.717) is 17.5 Å². The van der Waals surface area contributed by atoms with Gasteiger partial charge in [-0.1, -0.05) is 20.8 Å². The average Bonchev–Trinajstić information content (AvgIpc) is 1.79. The second-order valence-electron chi connectivity index (χ2n) is 5.77. The van der Waals surface area contributed by atoms with Crippen LogP contribution in [0.25, 0.3) is 0 Å². The molecular formula is C11H24N2. The molecule has 0 aliphatic heterocycles. The first-order valence-electron chi connectivity index (χ1n) is 5.24. The zero-order chi connectivity index (χ0) is 10.2. The lowest BCUT2D eigenvalue weighted by Gasteiger charge is -2.47. The fraction of sp³-hybridized carbons (Fsp3) is 1.00. The molecule has 0 amide bonds. The van der Waals surface area contributed by atoms with E-state index in [9.17, 15) is 0 Å². The van der Waals surface area contributed by atoms with Gasteiger partial charge in [-0.15, -0.1) is 0 Å². The van der Waals surface area contributed by atoms with Crippen molar-refractivity contribution in [1.29, 1.82) is 0 Å². The Morgan fingerprint density at radius 2 is 1.69 bits per heavy atom. The third-order valence-electron chi connectivity index (χ3n) is 3.10. The molecule has 1 unspecified atom stereocenters. The van der Waals surface area contributed by atoms with Crippen molar-refractivity contribution < 1.29 is 0 Å². The molecule has 0 aromatic carbocycles. The minimum absolute atomic E-state index is 0.369. The van der Waals surface area contributed by atoms with Crippen LogP contribution in [-0.4, -0.2) is 31.1 Å². The Morgan fingerprint density at radius 3 is 1.92 bits per heavy atom. The summed E-state index contributed by atoms with van der Waals surface area (Å²) >= 11 is 0. The topological polar surface area (TPSA) is 29.3 Å². The first-order valence-corrected chi connectivity index (χ1v) is 5.24. The van der Waals surface area contributed by atoms with Crippen LogP contribution in [0.15, 0.2) is 0 Å². The van der Waals surface area contributed by atoms with Crippen LogP contribution in [-0.2, 0) is 0 Å². The van der Waals surface area contributed by atoms with Gasteiger partial charge in [0.05, 0.1) is 0 Å². The van der Waals surface area contributed by atoms with E-state index in [1.807, 2.05) is 0 Å². The minimum atomic E-state index is 0.369. The van der Waals surface area contributed by atoms with E-state index in [1.165, 1.54) is 12.8 Å². The SMILES string of the molecule is CN(C)C(C1CC(N)C1)C(C)(C)C. The summed E-state index contributed by atoms with van der Waals surface area (Å²) in [5.41, 5.74) is 6.20. The van der Waals surface area contributed by atoms with Gasteiger partial charge in [-0.3, -0.25) is 0 Å². The van der Waals surface area contributed by atoms with E-state index in [2.05, 4.69) is 39.8 Å².